The molecule has 0 radical (unpaired) electrons. The lowest BCUT2D eigenvalue weighted by atomic mass is 9.83. The molecule has 2 aromatic carbocycles. The summed E-state index contributed by atoms with van der Waals surface area (Å²) in [5, 5.41) is 5.39. The highest BCUT2D eigenvalue weighted by atomic mass is 16.2. The fraction of sp³-hybridized carbons (Fsp3) is 0.360. The quantitative estimate of drug-likeness (QED) is 0.582. The van der Waals surface area contributed by atoms with Crippen molar-refractivity contribution in [2.45, 2.75) is 46.1 Å². The molecular weight excluding hydrogens is 392 g/mol. The number of amides is 2. The van der Waals surface area contributed by atoms with E-state index in [4.69, 9.17) is 0 Å². The van der Waals surface area contributed by atoms with Gasteiger partial charge in [-0.1, -0.05) is 69.3 Å². The number of hydrogen-bond donors (Lipinski definition) is 2. The van der Waals surface area contributed by atoms with Crippen LogP contribution >= 0.6 is 0 Å². The molecule has 2 rings (SSSR count). The van der Waals surface area contributed by atoms with Crippen LogP contribution in [0.15, 0.2) is 60.7 Å². The summed E-state index contributed by atoms with van der Waals surface area (Å²) in [5.41, 5.74) is 0.432. The molecule has 164 valence electrons. The van der Waals surface area contributed by atoms with Crippen LogP contribution in [-0.2, 0) is 20.8 Å². The predicted octanol–water partition coefficient (Wildman–Crippen LogP) is 3.11. The Balaban J connectivity index is 1.93. The third-order valence-corrected chi connectivity index (χ3v) is 5.16. The largest absolute Gasteiger partial charge is 0.346 e. The lowest BCUT2D eigenvalue weighted by Crippen LogP contribution is -2.45. The summed E-state index contributed by atoms with van der Waals surface area (Å²) in [6.07, 6.45) is 0.641. The van der Waals surface area contributed by atoms with Crippen LogP contribution < -0.4 is 10.6 Å². The maximum absolute atomic E-state index is 12.6. The lowest BCUT2D eigenvalue weighted by molar-refractivity contribution is -0.134. The molecule has 1 unspecified atom stereocenters. The van der Waals surface area contributed by atoms with Crippen LogP contribution in [-0.4, -0.2) is 36.0 Å². The Kier molecular flexibility index (Phi) is 8.67. The van der Waals surface area contributed by atoms with Crippen LogP contribution in [0.3, 0.4) is 0 Å². The van der Waals surface area contributed by atoms with E-state index in [0.29, 0.717) is 18.4 Å². The number of benzene rings is 2. The van der Waals surface area contributed by atoms with Gasteiger partial charge in [0, 0.05) is 23.8 Å². The highest BCUT2D eigenvalue weighted by Crippen LogP contribution is 2.22. The van der Waals surface area contributed by atoms with Gasteiger partial charge in [0.1, 0.15) is 0 Å². The van der Waals surface area contributed by atoms with Crippen molar-refractivity contribution in [3.63, 3.8) is 0 Å². The second-order valence-corrected chi connectivity index (χ2v) is 8.16. The molecule has 2 aromatic rings. The molecule has 0 heterocycles. The number of nitrogens with one attached hydrogen (secondary N) is 2. The average Bonchev–Trinajstić information content (AvgIpc) is 2.77. The molecule has 0 aliphatic carbocycles. The van der Waals surface area contributed by atoms with E-state index in [0.717, 1.165) is 5.56 Å². The number of rotatable bonds is 11. The molecule has 0 aliphatic heterocycles. The Bertz CT molecular complexity index is 908. The summed E-state index contributed by atoms with van der Waals surface area (Å²) in [5.74, 6) is -1.02. The number of carbonyl (C=O) groups is 4. The second-order valence-electron chi connectivity index (χ2n) is 8.16. The molecule has 0 aliphatic rings. The van der Waals surface area contributed by atoms with Crippen molar-refractivity contribution in [2.75, 3.05) is 6.54 Å². The van der Waals surface area contributed by atoms with E-state index in [9.17, 15) is 19.2 Å². The van der Waals surface area contributed by atoms with Crippen LogP contribution in [0.25, 0.3) is 0 Å². The van der Waals surface area contributed by atoms with Gasteiger partial charge in [-0.2, -0.15) is 0 Å². The van der Waals surface area contributed by atoms with Crippen molar-refractivity contribution in [2.24, 2.45) is 5.41 Å². The van der Waals surface area contributed by atoms with Crippen molar-refractivity contribution < 1.29 is 19.2 Å². The van der Waals surface area contributed by atoms with E-state index in [1.54, 1.807) is 51.1 Å². The van der Waals surface area contributed by atoms with Crippen molar-refractivity contribution >= 4 is 23.4 Å². The molecule has 6 heteroatoms. The number of Topliss-reactive ketones (excluding diaryl/α,β-unsaturated/α-hetero) is 2. The van der Waals surface area contributed by atoms with Gasteiger partial charge in [0.25, 0.3) is 5.91 Å². The van der Waals surface area contributed by atoms with E-state index in [2.05, 4.69) is 10.6 Å². The zero-order chi connectivity index (χ0) is 22.9. The maximum atomic E-state index is 12.6. The fourth-order valence-electron chi connectivity index (χ4n) is 3.18. The molecule has 0 aromatic heterocycles. The Morgan fingerprint density at radius 3 is 2.06 bits per heavy atom. The summed E-state index contributed by atoms with van der Waals surface area (Å²) >= 11 is 0. The SMILES string of the molecule is CCC(=O)C(Cc1ccccc1)NC(=O)CC(C)(C)C(=O)CNC(=O)c1ccccc1. The highest BCUT2D eigenvalue weighted by Gasteiger charge is 2.31. The minimum absolute atomic E-state index is 0.0588. The first-order valence-corrected chi connectivity index (χ1v) is 10.5. The number of hydrogen-bond acceptors (Lipinski definition) is 4. The molecular formula is C25H30N2O4. The van der Waals surface area contributed by atoms with Gasteiger partial charge >= 0.3 is 0 Å². The van der Waals surface area contributed by atoms with E-state index in [1.165, 1.54) is 0 Å². The first-order chi connectivity index (χ1) is 14.7. The fourth-order valence-corrected chi connectivity index (χ4v) is 3.18. The van der Waals surface area contributed by atoms with Gasteiger partial charge in [-0.05, 0) is 24.1 Å². The van der Waals surface area contributed by atoms with Gasteiger partial charge in [0.15, 0.2) is 11.6 Å². The van der Waals surface area contributed by atoms with Crippen molar-refractivity contribution in [1.82, 2.24) is 10.6 Å². The lowest BCUT2D eigenvalue weighted by Gasteiger charge is -2.24. The minimum atomic E-state index is -0.986. The Labute approximate surface area is 183 Å². The summed E-state index contributed by atoms with van der Waals surface area (Å²) in [7, 11) is 0. The Morgan fingerprint density at radius 1 is 0.903 bits per heavy atom. The molecule has 0 saturated heterocycles. The average molecular weight is 423 g/mol. The van der Waals surface area contributed by atoms with Gasteiger partial charge in [0.05, 0.1) is 12.6 Å². The smallest absolute Gasteiger partial charge is 0.251 e. The van der Waals surface area contributed by atoms with Crippen LogP contribution in [0.5, 0.6) is 0 Å². The molecule has 0 fully saturated rings. The van der Waals surface area contributed by atoms with Crippen LogP contribution in [0.2, 0.25) is 0 Å². The molecule has 2 N–H and O–H groups in total. The summed E-state index contributed by atoms with van der Waals surface area (Å²) < 4.78 is 0. The third kappa shape index (κ3) is 7.48. The molecule has 1 atom stereocenters. The van der Waals surface area contributed by atoms with Gasteiger partial charge in [-0.3, -0.25) is 19.2 Å². The van der Waals surface area contributed by atoms with E-state index >= 15 is 0 Å². The molecule has 31 heavy (non-hydrogen) atoms. The predicted molar refractivity (Wildman–Crippen MR) is 120 cm³/mol. The summed E-state index contributed by atoms with van der Waals surface area (Å²) in [6.45, 7) is 4.92. The highest BCUT2D eigenvalue weighted by molar-refractivity contribution is 5.98. The zero-order valence-corrected chi connectivity index (χ0v) is 18.3. The summed E-state index contributed by atoms with van der Waals surface area (Å²) in [4.78, 5) is 49.8. The van der Waals surface area contributed by atoms with Crippen LogP contribution in [0.4, 0.5) is 0 Å². The molecule has 0 spiro atoms. The van der Waals surface area contributed by atoms with Crippen LogP contribution in [0, 0.1) is 5.41 Å². The second kappa shape index (κ2) is 11.2. The minimum Gasteiger partial charge on any atom is -0.346 e. The monoisotopic (exact) mass is 422 g/mol. The zero-order valence-electron chi connectivity index (χ0n) is 18.3. The Hall–Kier alpha value is -3.28. The third-order valence-electron chi connectivity index (χ3n) is 5.16. The first kappa shape index (κ1) is 24.0. The van der Waals surface area contributed by atoms with Crippen molar-refractivity contribution in [3.05, 3.63) is 71.8 Å². The standard InChI is InChI=1S/C25H30N2O4/c1-4-21(28)20(15-18-11-7-5-8-12-18)27-23(30)16-25(2,3)22(29)17-26-24(31)19-13-9-6-10-14-19/h5-14,20H,4,15-17H2,1-3H3,(H,26,31)(H,27,30). The van der Waals surface area contributed by atoms with E-state index in [1.807, 2.05) is 30.3 Å². The molecule has 0 saturated carbocycles. The van der Waals surface area contributed by atoms with Gasteiger partial charge in [-0.15, -0.1) is 0 Å². The normalized spacial score (nSPS) is 12.0. The summed E-state index contributed by atoms with van der Waals surface area (Å²) in [6, 6.07) is 17.5. The first-order valence-electron chi connectivity index (χ1n) is 10.5. The number of ketones is 2. The van der Waals surface area contributed by atoms with E-state index < -0.39 is 11.5 Å². The Morgan fingerprint density at radius 2 is 1.48 bits per heavy atom. The molecule has 0 bridgehead atoms. The van der Waals surface area contributed by atoms with Gasteiger partial charge < -0.3 is 10.6 Å². The van der Waals surface area contributed by atoms with Crippen LogP contribution in [0.1, 0.15) is 49.5 Å². The van der Waals surface area contributed by atoms with Gasteiger partial charge in [0.2, 0.25) is 5.91 Å². The maximum Gasteiger partial charge on any atom is 0.251 e. The van der Waals surface area contributed by atoms with Gasteiger partial charge in [-0.25, -0.2) is 0 Å². The topological polar surface area (TPSA) is 92.3 Å². The van der Waals surface area contributed by atoms with Crippen molar-refractivity contribution in [1.29, 1.82) is 0 Å². The van der Waals surface area contributed by atoms with Crippen molar-refractivity contribution in [3.8, 4) is 0 Å². The van der Waals surface area contributed by atoms with E-state index in [-0.39, 0.29) is 36.3 Å². The molecule has 6 nitrogen and oxygen atoms in total. The number of carbonyl (C=O) groups excluding carboxylic acids is 4. The molecule has 2 amide bonds.